The molecule has 0 spiro atoms. The number of nitrogens with two attached hydrogens (primary N) is 1. The normalized spacial score (nSPS) is 20.0. The Hall–Kier alpha value is -2.16. The van der Waals surface area contributed by atoms with Gasteiger partial charge in [0.25, 0.3) is 0 Å². The molecule has 1 atom stereocenters. The second-order valence-electron chi connectivity index (χ2n) is 3.79. The number of carboxylic acid groups (broad SMARTS) is 1. The molecule has 5 N–H and O–H groups in total. The number of primary amides is 1. The zero-order chi connectivity index (χ0) is 13.7. The molecule has 1 rings (SSSR count). The molecule has 9 nitrogen and oxygen atoms in total. The van der Waals surface area contributed by atoms with Crippen molar-refractivity contribution in [1.29, 1.82) is 0 Å². The number of amides is 4. The largest absolute Gasteiger partial charge is 0.481 e. The Balaban J connectivity index is 2.64. The highest BCUT2D eigenvalue weighted by Crippen LogP contribution is 2.08. The molecule has 9 heteroatoms. The summed E-state index contributed by atoms with van der Waals surface area (Å²) < 4.78 is 0. The number of carbonyl (C=O) groups is 4. The van der Waals surface area contributed by atoms with Crippen LogP contribution in [-0.2, 0) is 14.4 Å². The van der Waals surface area contributed by atoms with E-state index >= 15 is 0 Å². The van der Waals surface area contributed by atoms with Crippen molar-refractivity contribution in [3.8, 4) is 0 Å². The SMILES string of the molecule is NC(=O)NC(=O)CN1CCNC(=O)C1CC(=O)O. The van der Waals surface area contributed by atoms with E-state index in [9.17, 15) is 19.2 Å². The van der Waals surface area contributed by atoms with E-state index in [1.54, 1.807) is 0 Å². The van der Waals surface area contributed by atoms with Crippen LogP contribution in [0, 0.1) is 0 Å². The van der Waals surface area contributed by atoms with E-state index in [1.807, 2.05) is 5.32 Å². The molecule has 0 aliphatic carbocycles. The molecule has 0 aromatic rings. The third-order valence-corrected chi connectivity index (χ3v) is 2.42. The van der Waals surface area contributed by atoms with Crippen LogP contribution in [0.4, 0.5) is 4.79 Å². The maximum absolute atomic E-state index is 11.5. The lowest BCUT2D eigenvalue weighted by atomic mass is 10.1. The van der Waals surface area contributed by atoms with Crippen LogP contribution in [0.5, 0.6) is 0 Å². The van der Waals surface area contributed by atoms with Crippen molar-refractivity contribution < 1.29 is 24.3 Å². The van der Waals surface area contributed by atoms with Crippen LogP contribution < -0.4 is 16.4 Å². The van der Waals surface area contributed by atoms with E-state index in [4.69, 9.17) is 10.8 Å². The number of hydrogen-bond acceptors (Lipinski definition) is 5. The van der Waals surface area contributed by atoms with Gasteiger partial charge in [-0.3, -0.25) is 24.6 Å². The molecule has 1 fully saturated rings. The molecular weight excluding hydrogens is 244 g/mol. The lowest BCUT2D eigenvalue weighted by Gasteiger charge is -2.33. The first kappa shape index (κ1) is 13.9. The molecule has 4 amide bonds. The lowest BCUT2D eigenvalue weighted by Crippen LogP contribution is -2.58. The fraction of sp³-hybridized carbons (Fsp3) is 0.556. The van der Waals surface area contributed by atoms with E-state index < -0.39 is 36.3 Å². The predicted octanol–water partition coefficient (Wildman–Crippen LogP) is -2.54. The van der Waals surface area contributed by atoms with E-state index in [1.165, 1.54) is 4.90 Å². The van der Waals surface area contributed by atoms with Gasteiger partial charge in [0.05, 0.1) is 13.0 Å². The number of carbonyl (C=O) groups excluding carboxylic acids is 3. The zero-order valence-electron chi connectivity index (χ0n) is 9.51. The number of urea groups is 1. The maximum Gasteiger partial charge on any atom is 0.318 e. The molecule has 1 heterocycles. The first-order chi connectivity index (χ1) is 8.40. The molecule has 0 saturated carbocycles. The van der Waals surface area contributed by atoms with Gasteiger partial charge in [-0.05, 0) is 0 Å². The average Bonchev–Trinajstić information content (AvgIpc) is 2.21. The van der Waals surface area contributed by atoms with Gasteiger partial charge in [0, 0.05) is 13.1 Å². The molecule has 1 aliphatic rings. The smallest absolute Gasteiger partial charge is 0.318 e. The van der Waals surface area contributed by atoms with E-state index in [-0.39, 0.29) is 6.54 Å². The first-order valence-corrected chi connectivity index (χ1v) is 5.23. The number of nitrogens with zero attached hydrogens (tertiary/aromatic N) is 1. The summed E-state index contributed by atoms with van der Waals surface area (Å²) in [6, 6.07) is -1.91. The monoisotopic (exact) mass is 258 g/mol. The molecule has 100 valence electrons. The summed E-state index contributed by atoms with van der Waals surface area (Å²) in [6.07, 6.45) is -0.407. The molecule has 18 heavy (non-hydrogen) atoms. The van der Waals surface area contributed by atoms with Crippen molar-refractivity contribution in [1.82, 2.24) is 15.5 Å². The van der Waals surface area contributed by atoms with Crippen LogP contribution >= 0.6 is 0 Å². The molecular formula is C9H14N4O5. The standard InChI is InChI=1S/C9H14N4O5/c10-9(18)12-6(14)4-13-2-1-11-8(17)5(13)3-7(15)16/h5H,1-4H2,(H,11,17)(H,15,16)(H3,10,12,14,18). The van der Waals surface area contributed by atoms with Gasteiger partial charge in [0.15, 0.2) is 0 Å². The Bertz CT molecular complexity index is 383. The Labute approximate surface area is 102 Å². The van der Waals surface area contributed by atoms with Gasteiger partial charge >= 0.3 is 12.0 Å². The number of piperazine rings is 1. The fourth-order valence-corrected chi connectivity index (χ4v) is 1.70. The predicted molar refractivity (Wildman–Crippen MR) is 58.3 cm³/mol. The minimum absolute atomic E-state index is 0.256. The van der Waals surface area contributed by atoms with Crippen LogP contribution in [0.2, 0.25) is 0 Å². The molecule has 0 aromatic carbocycles. The quantitative estimate of drug-likeness (QED) is 0.437. The maximum atomic E-state index is 11.5. The summed E-state index contributed by atoms with van der Waals surface area (Å²) in [5, 5.41) is 13.1. The molecule has 1 saturated heterocycles. The third-order valence-electron chi connectivity index (χ3n) is 2.42. The van der Waals surface area contributed by atoms with Crippen LogP contribution in [0.1, 0.15) is 6.42 Å². The minimum Gasteiger partial charge on any atom is -0.481 e. The van der Waals surface area contributed by atoms with E-state index in [0.717, 1.165) is 0 Å². The number of aliphatic carboxylic acids is 1. The van der Waals surface area contributed by atoms with Gasteiger partial charge in [-0.15, -0.1) is 0 Å². The van der Waals surface area contributed by atoms with E-state index in [2.05, 4.69) is 5.32 Å². The Morgan fingerprint density at radius 3 is 2.72 bits per heavy atom. The zero-order valence-corrected chi connectivity index (χ0v) is 9.51. The van der Waals surface area contributed by atoms with Crippen LogP contribution in [0.25, 0.3) is 0 Å². The molecule has 0 bridgehead atoms. The van der Waals surface area contributed by atoms with Crippen molar-refractivity contribution in [2.45, 2.75) is 12.5 Å². The number of nitrogens with one attached hydrogen (secondary N) is 2. The van der Waals surface area contributed by atoms with Gasteiger partial charge in [-0.25, -0.2) is 4.79 Å². The third kappa shape index (κ3) is 4.01. The first-order valence-electron chi connectivity index (χ1n) is 5.23. The van der Waals surface area contributed by atoms with Gasteiger partial charge in [-0.2, -0.15) is 0 Å². The number of carboxylic acids is 1. The van der Waals surface area contributed by atoms with Crippen molar-refractivity contribution in [3.05, 3.63) is 0 Å². The van der Waals surface area contributed by atoms with Gasteiger partial charge < -0.3 is 16.2 Å². The molecule has 0 aromatic heterocycles. The summed E-state index contributed by atoms with van der Waals surface area (Å²) in [5.74, 6) is -2.26. The van der Waals surface area contributed by atoms with Gasteiger partial charge in [0.1, 0.15) is 6.04 Å². The van der Waals surface area contributed by atoms with Crippen molar-refractivity contribution >= 4 is 23.8 Å². The van der Waals surface area contributed by atoms with Crippen LogP contribution in [0.15, 0.2) is 0 Å². The molecule has 1 aliphatic heterocycles. The average molecular weight is 258 g/mol. The summed E-state index contributed by atoms with van der Waals surface area (Å²) in [4.78, 5) is 45.3. The van der Waals surface area contributed by atoms with Crippen LogP contribution in [-0.4, -0.2) is 59.5 Å². The van der Waals surface area contributed by atoms with Gasteiger partial charge in [-0.1, -0.05) is 0 Å². The summed E-state index contributed by atoms with van der Waals surface area (Å²) in [7, 11) is 0. The second-order valence-corrected chi connectivity index (χ2v) is 3.79. The Morgan fingerprint density at radius 1 is 1.50 bits per heavy atom. The topological polar surface area (TPSA) is 142 Å². The second kappa shape index (κ2) is 5.96. The van der Waals surface area contributed by atoms with E-state index in [0.29, 0.717) is 13.1 Å². The Kier molecular flexibility index (Phi) is 4.60. The minimum atomic E-state index is -1.14. The Morgan fingerprint density at radius 2 is 2.17 bits per heavy atom. The number of hydrogen-bond donors (Lipinski definition) is 4. The summed E-state index contributed by atoms with van der Waals surface area (Å²) in [6.45, 7) is 0.392. The highest BCUT2D eigenvalue weighted by atomic mass is 16.4. The fourth-order valence-electron chi connectivity index (χ4n) is 1.70. The number of rotatable bonds is 4. The lowest BCUT2D eigenvalue weighted by molar-refractivity contribution is -0.144. The molecule has 0 radical (unpaired) electrons. The molecule has 1 unspecified atom stereocenters. The summed E-state index contributed by atoms with van der Waals surface area (Å²) in [5.41, 5.74) is 4.78. The highest BCUT2D eigenvalue weighted by molar-refractivity contribution is 5.95. The highest BCUT2D eigenvalue weighted by Gasteiger charge is 2.32. The van der Waals surface area contributed by atoms with Crippen molar-refractivity contribution in [2.75, 3.05) is 19.6 Å². The summed E-state index contributed by atoms with van der Waals surface area (Å²) >= 11 is 0. The number of imide groups is 1. The van der Waals surface area contributed by atoms with Gasteiger partial charge in [0.2, 0.25) is 11.8 Å². The van der Waals surface area contributed by atoms with Crippen molar-refractivity contribution in [3.63, 3.8) is 0 Å². The van der Waals surface area contributed by atoms with Crippen LogP contribution in [0.3, 0.4) is 0 Å². The van der Waals surface area contributed by atoms with Crippen molar-refractivity contribution in [2.24, 2.45) is 5.73 Å².